The normalized spacial score (nSPS) is 14.1. The standard InChI is InChI=1S/C22H28N4O2/c1-4-17-7-6-8-18(5-2)21(17)24-20-10-9-19(15-23-20)22(28)26-13-11-25(12-14-26)16(3)27/h6-10,15H,4-5,11-14H2,1-3H3,(H,23,24). The number of carbonyl (C=O) groups is 2. The Hall–Kier alpha value is -2.89. The van der Waals surface area contributed by atoms with Crippen molar-refractivity contribution >= 4 is 23.3 Å². The SMILES string of the molecule is CCc1cccc(CC)c1Nc1ccc(C(=O)N2CCN(C(C)=O)CC2)cn1. The molecule has 0 bridgehead atoms. The molecule has 2 aromatic rings. The summed E-state index contributed by atoms with van der Waals surface area (Å²) < 4.78 is 0. The first-order valence-corrected chi connectivity index (χ1v) is 9.92. The Labute approximate surface area is 166 Å². The van der Waals surface area contributed by atoms with E-state index in [9.17, 15) is 9.59 Å². The van der Waals surface area contributed by atoms with Crippen LogP contribution in [-0.4, -0.2) is 52.8 Å². The van der Waals surface area contributed by atoms with Gasteiger partial charge in [-0.05, 0) is 36.1 Å². The molecule has 148 valence electrons. The van der Waals surface area contributed by atoms with Gasteiger partial charge in [0.2, 0.25) is 5.91 Å². The molecule has 0 unspecified atom stereocenters. The number of hydrogen-bond donors (Lipinski definition) is 1. The van der Waals surface area contributed by atoms with Crippen LogP contribution in [0, 0.1) is 0 Å². The Kier molecular flexibility index (Phi) is 6.29. The molecular weight excluding hydrogens is 352 g/mol. The first-order chi connectivity index (χ1) is 13.5. The zero-order valence-electron chi connectivity index (χ0n) is 16.9. The van der Waals surface area contributed by atoms with Crippen molar-refractivity contribution in [1.29, 1.82) is 0 Å². The van der Waals surface area contributed by atoms with Crippen molar-refractivity contribution in [3.63, 3.8) is 0 Å². The third kappa shape index (κ3) is 4.32. The third-order valence-electron chi connectivity index (χ3n) is 5.27. The van der Waals surface area contributed by atoms with Crippen molar-refractivity contribution < 1.29 is 9.59 Å². The van der Waals surface area contributed by atoms with Gasteiger partial charge in [0.1, 0.15) is 5.82 Å². The topological polar surface area (TPSA) is 65.5 Å². The van der Waals surface area contributed by atoms with E-state index >= 15 is 0 Å². The van der Waals surface area contributed by atoms with E-state index in [1.807, 2.05) is 12.1 Å². The largest absolute Gasteiger partial charge is 0.340 e. The number of nitrogens with zero attached hydrogens (tertiary/aromatic N) is 3. The average Bonchev–Trinajstić information content (AvgIpc) is 2.74. The van der Waals surface area contributed by atoms with Crippen molar-refractivity contribution in [3.8, 4) is 0 Å². The molecule has 2 heterocycles. The van der Waals surface area contributed by atoms with E-state index in [1.54, 1.807) is 22.9 Å². The molecule has 1 aliphatic heterocycles. The van der Waals surface area contributed by atoms with Crippen LogP contribution in [0.2, 0.25) is 0 Å². The Bertz CT molecular complexity index is 818. The van der Waals surface area contributed by atoms with Crippen LogP contribution in [0.4, 0.5) is 11.5 Å². The molecule has 1 aromatic heterocycles. The number of piperazine rings is 1. The molecule has 6 heteroatoms. The minimum Gasteiger partial charge on any atom is -0.340 e. The lowest BCUT2D eigenvalue weighted by Gasteiger charge is -2.34. The summed E-state index contributed by atoms with van der Waals surface area (Å²) >= 11 is 0. The lowest BCUT2D eigenvalue weighted by molar-refractivity contribution is -0.130. The highest BCUT2D eigenvalue weighted by Crippen LogP contribution is 2.26. The van der Waals surface area contributed by atoms with Crippen molar-refractivity contribution in [2.75, 3.05) is 31.5 Å². The van der Waals surface area contributed by atoms with E-state index in [-0.39, 0.29) is 11.8 Å². The van der Waals surface area contributed by atoms with Gasteiger partial charge in [0.15, 0.2) is 0 Å². The maximum atomic E-state index is 12.7. The maximum absolute atomic E-state index is 12.7. The third-order valence-corrected chi connectivity index (χ3v) is 5.27. The van der Waals surface area contributed by atoms with Crippen molar-refractivity contribution in [3.05, 3.63) is 53.2 Å². The minimum atomic E-state index is -0.0366. The van der Waals surface area contributed by atoms with Crippen LogP contribution in [0.15, 0.2) is 36.5 Å². The van der Waals surface area contributed by atoms with Crippen LogP contribution in [0.25, 0.3) is 0 Å². The van der Waals surface area contributed by atoms with Gasteiger partial charge >= 0.3 is 0 Å². The average molecular weight is 380 g/mol. The summed E-state index contributed by atoms with van der Waals surface area (Å²) in [6, 6.07) is 10.0. The van der Waals surface area contributed by atoms with Gasteiger partial charge < -0.3 is 15.1 Å². The van der Waals surface area contributed by atoms with Crippen molar-refractivity contribution in [1.82, 2.24) is 14.8 Å². The van der Waals surface area contributed by atoms with E-state index in [4.69, 9.17) is 0 Å². The zero-order chi connectivity index (χ0) is 20.1. The van der Waals surface area contributed by atoms with E-state index in [2.05, 4.69) is 42.3 Å². The van der Waals surface area contributed by atoms with E-state index < -0.39 is 0 Å². The number of amides is 2. The highest BCUT2D eigenvalue weighted by Gasteiger charge is 2.23. The first-order valence-electron chi connectivity index (χ1n) is 9.92. The number of aromatic nitrogens is 1. The first kappa shape index (κ1) is 19.9. The molecule has 1 N–H and O–H groups in total. The molecular formula is C22H28N4O2. The fourth-order valence-corrected chi connectivity index (χ4v) is 3.53. The van der Waals surface area contributed by atoms with Gasteiger partial charge in [0.25, 0.3) is 5.91 Å². The second-order valence-corrected chi connectivity index (χ2v) is 7.01. The molecule has 0 radical (unpaired) electrons. The Morgan fingerprint density at radius 2 is 1.57 bits per heavy atom. The smallest absolute Gasteiger partial charge is 0.255 e. The lowest BCUT2D eigenvalue weighted by Crippen LogP contribution is -2.50. The maximum Gasteiger partial charge on any atom is 0.255 e. The molecule has 3 rings (SSSR count). The second-order valence-electron chi connectivity index (χ2n) is 7.01. The summed E-state index contributed by atoms with van der Waals surface area (Å²) in [5, 5.41) is 3.43. The van der Waals surface area contributed by atoms with Crippen LogP contribution in [0.5, 0.6) is 0 Å². The van der Waals surface area contributed by atoms with Crippen molar-refractivity contribution in [2.45, 2.75) is 33.6 Å². The number of anilines is 2. The number of hydrogen-bond acceptors (Lipinski definition) is 4. The number of rotatable bonds is 5. The predicted octanol–water partition coefficient (Wildman–Crippen LogP) is 3.25. The molecule has 0 aliphatic carbocycles. The molecule has 0 atom stereocenters. The molecule has 0 spiro atoms. The van der Waals surface area contributed by atoms with Crippen LogP contribution in [0.1, 0.15) is 42.3 Å². The summed E-state index contributed by atoms with van der Waals surface area (Å²) in [5.74, 6) is 0.752. The summed E-state index contributed by atoms with van der Waals surface area (Å²) in [7, 11) is 0. The molecule has 28 heavy (non-hydrogen) atoms. The molecule has 1 saturated heterocycles. The lowest BCUT2D eigenvalue weighted by atomic mass is 10.0. The number of aryl methyl sites for hydroxylation is 2. The van der Waals surface area contributed by atoms with Crippen LogP contribution in [-0.2, 0) is 17.6 Å². The minimum absolute atomic E-state index is 0.0366. The molecule has 1 fully saturated rings. The number of nitrogens with one attached hydrogen (secondary N) is 1. The molecule has 1 aromatic carbocycles. The van der Waals surface area contributed by atoms with Gasteiger partial charge in [-0.3, -0.25) is 9.59 Å². The Morgan fingerprint density at radius 1 is 0.964 bits per heavy atom. The number of carbonyl (C=O) groups excluding carboxylic acids is 2. The number of pyridine rings is 1. The van der Waals surface area contributed by atoms with Gasteiger partial charge in [0.05, 0.1) is 5.56 Å². The van der Waals surface area contributed by atoms with E-state index in [0.29, 0.717) is 31.7 Å². The summed E-state index contributed by atoms with van der Waals surface area (Å²) in [5.41, 5.74) is 4.19. The number of benzene rings is 1. The fraction of sp³-hybridized carbons (Fsp3) is 0.409. The summed E-state index contributed by atoms with van der Waals surface area (Å²) in [6.07, 6.45) is 3.51. The monoisotopic (exact) mass is 380 g/mol. The van der Waals surface area contributed by atoms with E-state index in [0.717, 1.165) is 24.3 Å². The van der Waals surface area contributed by atoms with Crippen molar-refractivity contribution in [2.24, 2.45) is 0 Å². The second kappa shape index (κ2) is 8.87. The molecule has 6 nitrogen and oxygen atoms in total. The van der Waals surface area contributed by atoms with Gasteiger partial charge in [0, 0.05) is 45.0 Å². The molecule has 1 aliphatic rings. The molecule has 2 amide bonds. The molecule has 0 saturated carbocycles. The van der Waals surface area contributed by atoms with Crippen LogP contribution < -0.4 is 5.32 Å². The highest BCUT2D eigenvalue weighted by atomic mass is 16.2. The van der Waals surface area contributed by atoms with E-state index in [1.165, 1.54) is 11.1 Å². The van der Waals surface area contributed by atoms with Gasteiger partial charge in [-0.15, -0.1) is 0 Å². The predicted molar refractivity (Wildman–Crippen MR) is 111 cm³/mol. The highest BCUT2D eigenvalue weighted by molar-refractivity contribution is 5.94. The zero-order valence-corrected chi connectivity index (χ0v) is 16.9. The Morgan fingerprint density at radius 3 is 2.07 bits per heavy atom. The quantitative estimate of drug-likeness (QED) is 0.865. The van der Waals surface area contributed by atoms with Crippen LogP contribution >= 0.6 is 0 Å². The van der Waals surface area contributed by atoms with Gasteiger partial charge in [-0.1, -0.05) is 32.0 Å². The number of para-hydroxylation sites is 1. The summed E-state index contributed by atoms with van der Waals surface area (Å²) in [6.45, 7) is 8.13. The fourth-order valence-electron chi connectivity index (χ4n) is 3.53. The van der Waals surface area contributed by atoms with Gasteiger partial charge in [-0.25, -0.2) is 4.98 Å². The summed E-state index contributed by atoms with van der Waals surface area (Å²) in [4.78, 5) is 32.2. The van der Waals surface area contributed by atoms with Gasteiger partial charge in [-0.2, -0.15) is 0 Å². The Balaban J connectivity index is 1.69. The van der Waals surface area contributed by atoms with Crippen LogP contribution in [0.3, 0.4) is 0 Å².